The smallest absolute Gasteiger partial charge is 0.271 e. The Morgan fingerprint density at radius 3 is 3.00 bits per heavy atom. The van der Waals surface area contributed by atoms with Crippen LogP contribution in [0.15, 0.2) is 18.2 Å². The molecule has 1 aromatic heterocycles. The molecule has 0 radical (unpaired) electrons. The van der Waals surface area contributed by atoms with Crippen LogP contribution in [-0.2, 0) is 4.74 Å². The number of rotatable bonds is 2. The van der Waals surface area contributed by atoms with Gasteiger partial charge in [0.2, 0.25) is 0 Å². The average Bonchev–Trinajstić information content (AvgIpc) is 2.77. The Labute approximate surface area is 123 Å². The van der Waals surface area contributed by atoms with Crippen molar-refractivity contribution in [2.75, 3.05) is 6.61 Å². The van der Waals surface area contributed by atoms with Crippen molar-refractivity contribution < 1.29 is 9.66 Å². The number of halogens is 1. The number of benzene rings is 1. The number of nitrogens with zero attached hydrogens (tertiary/aromatic N) is 3. The summed E-state index contributed by atoms with van der Waals surface area (Å²) in [6.45, 7) is 0.720. The van der Waals surface area contributed by atoms with E-state index in [1.165, 1.54) is 6.07 Å². The van der Waals surface area contributed by atoms with Crippen molar-refractivity contribution in [3.05, 3.63) is 32.0 Å². The van der Waals surface area contributed by atoms with Gasteiger partial charge in [-0.15, -0.1) is 0 Å². The largest absolute Gasteiger partial charge is 0.356 e. The molecule has 0 saturated carbocycles. The normalized spacial score (nSPS) is 19.7. The van der Waals surface area contributed by atoms with Crippen LogP contribution >= 0.6 is 22.6 Å². The second-order valence-electron chi connectivity index (χ2n) is 4.52. The molecule has 0 spiro atoms. The molecule has 0 bridgehead atoms. The van der Waals surface area contributed by atoms with Gasteiger partial charge in [0.15, 0.2) is 6.23 Å². The molecule has 1 atom stereocenters. The quantitative estimate of drug-likeness (QED) is 0.460. The number of ether oxygens (including phenoxy) is 1. The van der Waals surface area contributed by atoms with Crippen LogP contribution in [0.4, 0.5) is 5.69 Å². The van der Waals surface area contributed by atoms with Gasteiger partial charge in [-0.2, -0.15) is 5.10 Å². The van der Waals surface area contributed by atoms with Gasteiger partial charge in [-0.25, -0.2) is 4.68 Å². The van der Waals surface area contributed by atoms with E-state index >= 15 is 0 Å². The minimum atomic E-state index is -0.384. The van der Waals surface area contributed by atoms with Crippen molar-refractivity contribution in [1.29, 1.82) is 0 Å². The third-order valence-corrected chi connectivity index (χ3v) is 4.08. The third-order valence-electron chi connectivity index (χ3n) is 3.29. The lowest BCUT2D eigenvalue weighted by molar-refractivity contribution is -0.384. The van der Waals surface area contributed by atoms with Crippen molar-refractivity contribution in [2.24, 2.45) is 0 Å². The zero-order chi connectivity index (χ0) is 13.4. The third kappa shape index (κ3) is 2.32. The second kappa shape index (κ2) is 5.04. The fraction of sp³-hybridized carbons (Fsp3) is 0.417. The van der Waals surface area contributed by atoms with E-state index in [4.69, 9.17) is 4.74 Å². The van der Waals surface area contributed by atoms with E-state index in [0.717, 1.165) is 40.5 Å². The molecule has 19 heavy (non-hydrogen) atoms. The van der Waals surface area contributed by atoms with Crippen LogP contribution in [0, 0.1) is 13.8 Å². The highest BCUT2D eigenvalue weighted by Gasteiger charge is 2.21. The topological polar surface area (TPSA) is 70.2 Å². The first kappa shape index (κ1) is 12.8. The summed E-state index contributed by atoms with van der Waals surface area (Å²) in [6, 6.07) is 4.84. The van der Waals surface area contributed by atoms with Gasteiger partial charge in [0.1, 0.15) is 3.70 Å². The standard InChI is InChI=1S/C12H12IN3O3/c13-12-9-5-4-8(16(17)18)7-10(9)15(14-12)11-3-1-2-6-19-11/h4-5,7,11H,1-3,6H2. The summed E-state index contributed by atoms with van der Waals surface area (Å²) < 4.78 is 8.34. The first-order valence-corrected chi connectivity index (χ1v) is 7.18. The van der Waals surface area contributed by atoms with Crippen LogP contribution in [-0.4, -0.2) is 21.3 Å². The summed E-state index contributed by atoms with van der Waals surface area (Å²) in [6.07, 6.45) is 2.95. The van der Waals surface area contributed by atoms with Crippen molar-refractivity contribution in [2.45, 2.75) is 25.5 Å². The van der Waals surface area contributed by atoms with Crippen LogP contribution < -0.4 is 0 Å². The van der Waals surface area contributed by atoms with Gasteiger partial charge < -0.3 is 4.74 Å². The minimum Gasteiger partial charge on any atom is -0.356 e. The molecule has 0 amide bonds. The summed E-state index contributed by atoms with van der Waals surface area (Å²) >= 11 is 2.15. The van der Waals surface area contributed by atoms with Gasteiger partial charge in [-0.1, -0.05) is 0 Å². The van der Waals surface area contributed by atoms with Crippen LogP contribution in [0.3, 0.4) is 0 Å². The Hall–Kier alpha value is -1.22. The van der Waals surface area contributed by atoms with Gasteiger partial charge in [0.05, 0.1) is 10.4 Å². The molecule has 1 fully saturated rings. The molecule has 3 rings (SSSR count). The zero-order valence-corrected chi connectivity index (χ0v) is 12.2. The summed E-state index contributed by atoms with van der Waals surface area (Å²) in [5, 5.41) is 16.3. The molecule has 6 nitrogen and oxygen atoms in total. The molecule has 2 aromatic rings. The SMILES string of the molecule is O=[N+]([O-])c1ccc2c(I)nn(C3CCCCO3)c2c1. The molecular weight excluding hydrogens is 361 g/mol. The number of hydrogen-bond acceptors (Lipinski definition) is 4. The van der Waals surface area contributed by atoms with E-state index in [1.54, 1.807) is 16.8 Å². The molecular formula is C12H12IN3O3. The van der Waals surface area contributed by atoms with Gasteiger partial charge in [-0.3, -0.25) is 10.1 Å². The van der Waals surface area contributed by atoms with Gasteiger partial charge >= 0.3 is 0 Å². The zero-order valence-electron chi connectivity index (χ0n) is 10.1. The maximum absolute atomic E-state index is 10.9. The van der Waals surface area contributed by atoms with Crippen LogP contribution in [0.2, 0.25) is 0 Å². The lowest BCUT2D eigenvalue weighted by atomic mass is 10.2. The molecule has 0 N–H and O–H groups in total. The van der Waals surface area contributed by atoms with Crippen molar-refractivity contribution in [3.8, 4) is 0 Å². The van der Waals surface area contributed by atoms with E-state index in [-0.39, 0.29) is 16.8 Å². The Morgan fingerprint density at radius 1 is 1.47 bits per heavy atom. The highest BCUT2D eigenvalue weighted by Crippen LogP contribution is 2.30. The minimum absolute atomic E-state index is 0.0841. The molecule has 1 unspecified atom stereocenters. The molecule has 0 aliphatic carbocycles. The predicted octanol–water partition coefficient (Wildman–Crippen LogP) is 3.25. The van der Waals surface area contributed by atoms with E-state index in [2.05, 4.69) is 27.7 Å². The highest BCUT2D eigenvalue weighted by molar-refractivity contribution is 14.1. The molecule has 1 aliphatic heterocycles. The summed E-state index contributed by atoms with van der Waals surface area (Å²) in [4.78, 5) is 10.5. The first-order chi connectivity index (χ1) is 9.16. The lowest BCUT2D eigenvalue weighted by Gasteiger charge is -2.23. The molecule has 1 aromatic carbocycles. The highest BCUT2D eigenvalue weighted by atomic mass is 127. The lowest BCUT2D eigenvalue weighted by Crippen LogP contribution is -2.19. The van der Waals surface area contributed by atoms with Crippen LogP contribution in [0.1, 0.15) is 25.5 Å². The molecule has 100 valence electrons. The number of fused-ring (bicyclic) bond motifs is 1. The van der Waals surface area contributed by atoms with Crippen molar-refractivity contribution in [1.82, 2.24) is 9.78 Å². The number of nitro groups is 1. The fourth-order valence-corrected chi connectivity index (χ4v) is 3.02. The van der Waals surface area contributed by atoms with Crippen LogP contribution in [0.25, 0.3) is 10.9 Å². The van der Waals surface area contributed by atoms with E-state index in [0.29, 0.717) is 0 Å². The van der Waals surface area contributed by atoms with Gasteiger partial charge in [-0.05, 0) is 47.9 Å². The van der Waals surface area contributed by atoms with Gasteiger partial charge in [0, 0.05) is 24.1 Å². The van der Waals surface area contributed by atoms with E-state index in [9.17, 15) is 10.1 Å². The first-order valence-electron chi connectivity index (χ1n) is 6.10. The summed E-state index contributed by atoms with van der Waals surface area (Å²) in [5.74, 6) is 0. The summed E-state index contributed by atoms with van der Waals surface area (Å²) in [5.41, 5.74) is 0.853. The number of aromatic nitrogens is 2. The Bertz CT molecular complexity index is 634. The van der Waals surface area contributed by atoms with Crippen molar-refractivity contribution >= 4 is 39.2 Å². The average molecular weight is 373 g/mol. The molecule has 7 heteroatoms. The predicted molar refractivity (Wildman–Crippen MR) is 77.9 cm³/mol. The fourth-order valence-electron chi connectivity index (χ4n) is 2.34. The van der Waals surface area contributed by atoms with Crippen molar-refractivity contribution in [3.63, 3.8) is 0 Å². The number of non-ortho nitro benzene ring substituents is 1. The molecule has 2 heterocycles. The number of nitro benzene ring substituents is 1. The molecule has 1 saturated heterocycles. The number of hydrogen-bond donors (Lipinski definition) is 0. The summed E-state index contributed by atoms with van der Waals surface area (Å²) in [7, 11) is 0. The van der Waals surface area contributed by atoms with E-state index in [1.807, 2.05) is 0 Å². The maximum atomic E-state index is 10.9. The Balaban J connectivity index is 2.12. The van der Waals surface area contributed by atoms with Crippen LogP contribution in [0.5, 0.6) is 0 Å². The second-order valence-corrected chi connectivity index (χ2v) is 5.54. The molecule has 1 aliphatic rings. The Morgan fingerprint density at radius 2 is 2.32 bits per heavy atom. The Kier molecular flexibility index (Phi) is 3.40. The van der Waals surface area contributed by atoms with E-state index < -0.39 is 0 Å². The monoisotopic (exact) mass is 373 g/mol. The van der Waals surface area contributed by atoms with Gasteiger partial charge in [0.25, 0.3) is 5.69 Å². The maximum Gasteiger partial charge on any atom is 0.271 e.